The minimum atomic E-state index is -0.266. The lowest BCUT2D eigenvalue weighted by Gasteiger charge is -2.39. The van der Waals surface area contributed by atoms with Crippen LogP contribution in [0.15, 0.2) is 41.8 Å². The zero-order valence-corrected chi connectivity index (χ0v) is 16.3. The highest BCUT2D eigenvalue weighted by Crippen LogP contribution is 2.25. The molecule has 0 radical (unpaired) electrons. The van der Waals surface area contributed by atoms with Gasteiger partial charge in [0.1, 0.15) is 5.82 Å². The lowest BCUT2D eigenvalue weighted by atomic mass is 10.0. The summed E-state index contributed by atoms with van der Waals surface area (Å²) < 4.78 is 13.4. The maximum Gasteiger partial charge on any atom is 0.219 e. The Bertz CT molecular complexity index is 741. The Labute approximate surface area is 162 Å². The standard InChI is InChI=1S/C19H22FN3OS2/c1-14(24)22-10-8-17(9-11-22)23(16-6-4-15(20)5-7-16)19(25)21-13-18-3-2-12-26-18/h2-7,12,17H,8-11,13H2,1H3,(H,21,25). The van der Waals surface area contributed by atoms with E-state index in [4.69, 9.17) is 12.2 Å². The number of nitrogens with zero attached hydrogens (tertiary/aromatic N) is 2. The van der Waals surface area contributed by atoms with Crippen molar-refractivity contribution in [1.29, 1.82) is 0 Å². The van der Waals surface area contributed by atoms with Gasteiger partial charge in [-0.2, -0.15) is 0 Å². The largest absolute Gasteiger partial charge is 0.357 e. The van der Waals surface area contributed by atoms with Crippen molar-refractivity contribution in [3.05, 3.63) is 52.5 Å². The van der Waals surface area contributed by atoms with E-state index in [2.05, 4.69) is 16.3 Å². The van der Waals surface area contributed by atoms with Gasteiger partial charge in [0.05, 0.1) is 6.54 Å². The maximum atomic E-state index is 13.4. The normalized spacial score (nSPS) is 14.9. The molecule has 2 aromatic rings. The molecule has 1 N–H and O–H groups in total. The highest BCUT2D eigenvalue weighted by molar-refractivity contribution is 7.80. The fourth-order valence-electron chi connectivity index (χ4n) is 3.20. The van der Waals surface area contributed by atoms with Gasteiger partial charge in [-0.3, -0.25) is 4.79 Å². The first-order valence-corrected chi connectivity index (χ1v) is 9.94. The molecule has 1 aromatic carbocycles. The second-order valence-electron chi connectivity index (χ2n) is 6.32. The number of rotatable bonds is 4. The summed E-state index contributed by atoms with van der Waals surface area (Å²) in [7, 11) is 0. The van der Waals surface area contributed by atoms with Gasteiger partial charge in [0, 0.05) is 36.6 Å². The van der Waals surface area contributed by atoms with Crippen LogP contribution in [0.1, 0.15) is 24.6 Å². The second kappa shape index (κ2) is 8.60. The van der Waals surface area contributed by atoms with Crippen LogP contribution in [0.3, 0.4) is 0 Å². The molecule has 0 saturated carbocycles. The fraction of sp³-hybridized carbons (Fsp3) is 0.368. The predicted octanol–water partition coefficient (Wildman–Crippen LogP) is 3.78. The second-order valence-corrected chi connectivity index (χ2v) is 7.74. The monoisotopic (exact) mass is 391 g/mol. The lowest BCUT2D eigenvalue weighted by Crippen LogP contribution is -2.51. The van der Waals surface area contributed by atoms with Crippen LogP contribution in [0.2, 0.25) is 0 Å². The number of hydrogen-bond acceptors (Lipinski definition) is 3. The number of carbonyl (C=O) groups is 1. The fourth-order valence-corrected chi connectivity index (χ4v) is 4.17. The van der Waals surface area contributed by atoms with E-state index in [0.717, 1.165) is 18.5 Å². The van der Waals surface area contributed by atoms with Gasteiger partial charge in [0.25, 0.3) is 0 Å². The van der Waals surface area contributed by atoms with Crippen molar-refractivity contribution >= 4 is 40.3 Å². The zero-order valence-electron chi connectivity index (χ0n) is 14.7. The minimum Gasteiger partial charge on any atom is -0.357 e. The molecular formula is C19H22FN3OS2. The number of hydrogen-bond donors (Lipinski definition) is 1. The molecule has 4 nitrogen and oxygen atoms in total. The molecule has 26 heavy (non-hydrogen) atoms. The number of likely N-dealkylation sites (tertiary alicyclic amines) is 1. The topological polar surface area (TPSA) is 35.6 Å². The van der Waals surface area contributed by atoms with Crippen LogP contribution in [0, 0.1) is 5.82 Å². The third kappa shape index (κ3) is 4.59. The van der Waals surface area contributed by atoms with Gasteiger partial charge in [-0.1, -0.05) is 6.07 Å². The van der Waals surface area contributed by atoms with Gasteiger partial charge in [-0.05, 0) is 60.8 Å². The van der Waals surface area contributed by atoms with Gasteiger partial charge < -0.3 is 15.1 Å². The van der Waals surface area contributed by atoms with E-state index in [0.29, 0.717) is 24.7 Å². The molecule has 1 amide bonds. The van der Waals surface area contributed by atoms with E-state index in [-0.39, 0.29) is 17.8 Å². The van der Waals surface area contributed by atoms with Crippen molar-refractivity contribution < 1.29 is 9.18 Å². The van der Waals surface area contributed by atoms with E-state index < -0.39 is 0 Å². The summed E-state index contributed by atoms with van der Waals surface area (Å²) in [5, 5.41) is 5.99. The van der Waals surface area contributed by atoms with Gasteiger partial charge in [-0.15, -0.1) is 11.3 Å². The molecule has 138 valence electrons. The van der Waals surface area contributed by atoms with Gasteiger partial charge >= 0.3 is 0 Å². The maximum absolute atomic E-state index is 13.4. The highest BCUT2D eigenvalue weighted by Gasteiger charge is 2.28. The smallest absolute Gasteiger partial charge is 0.219 e. The molecule has 0 spiro atoms. The summed E-state index contributed by atoms with van der Waals surface area (Å²) in [6.45, 7) is 3.70. The number of amides is 1. The Hall–Kier alpha value is -1.99. The van der Waals surface area contributed by atoms with E-state index in [1.807, 2.05) is 16.3 Å². The third-order valence-corrected chi connectivity index (χ3v) is 5.81. The molecule has 0 unspecified atom stereocenters. The highest BCUT2D eigenvalue weighted by atomic mass is 32.1. The van der Waals surface area contributed by atoms with Crippen LogP contribution in [0.5, 0.6) is 0 Å². The Morgan fingerprint density at radius 3 is 2.58 bits per heavy atom. The van der Waals surface area contributed by atoms with Crippen LogP contribution >= 0.6 is 23.6 Å². The Morgan fingerprint density at radius 1 is 1.31 bits per heavy atom. The van der Waals surface area contributed by atoms with E-state index in [1.165, 1.54) is 17.0 Å². The average Bonchev–Trinajstić information content (AvgIpc) is 3.16. The number of nitrogens with one attached hydrogen (secondary N) is 1. The van der Waals surface area contributed by atoms with Crippen LogP contribution in [-0.2, 0) is 11.3 Å². The molecule has 0 bridgehead atoms. The molecule has 1 aliphatic rings. The van der Waals surface area contributed by atoms with Crippen LogP contribution in [-0.4, -0.2) is 35.1 Å². The van der Waals surface area contributed by atoms with E-state index in [9.17, 15) is 9.18 Å². The van der Waals surface area contributed by atoms with Crippen LogP contribution in [0.4, 0.5) is 10.1 Å². The summed E-state index contributed by atoms with van der Waals surface area (Å²) >= 11 is 7.35. The first-order chi connectivity index (χ1) is 12.5. The quantitative estimate of drug-likeness (QED) is 0.805. The third-order valence-electron chi connectivity index (χ3n) is 4.59. The van der Waals surface area contributed by atoms with Crippen molar-refractivity contribution in [2.45, 2.75) is 32.4 Å². The summed E-state index contributed by atoms with van der Waals surface area (Å²) in [4.78, 5) is 16.7. The van der Waals surface area contributed by atoms with E-state index >= 15 is 0 Å². The molecule has 1 saturated heterocycles. The van der Waals surface area contributed by atoms with E-state index in [1.54, 1.807) is 30.4 Å². The van der Waals surface area contributed by atoms with Crippen molar-refractivity contribution in [1.82, 2.24) is 10.2 Å². The average molecular weight is 392 g/mol. The number of piperidine rings is 1. The molecule has 1 aromatic heterocycles. The molecule has 2 heterocycles. The molecule has 1 aliphatic heterocycles. The minimum absolute atomic E-state index is 0.107. The summed E-state index contributed by atoms with van der Waals surface area (Å²) in [6, 6.07) is 10.7. The number of halogens is 1. The number of anilines is 1. The Balaban J connectivity index is 1.74. The summed E-state index contributed by atoms with van der Waals surface area (Å²) in [5.74, 6) is -0.159. The molecule has 0 aliphatic carbocycles. The van der Waals surface area contributed by atoms with Crippen LogP contribution in [0.25, 0.3) is 0 Å². The number of thiocarbonyl (C=S) groups is 1. The number of carbonyl (C=O) groups excluding carboxylic acids is 1. The van der Waals surface area contributed by atoms with Crippen molar-refractivity contribution in [2.24, 2.45) is 0 Å². The van der Waals surface area contributed by atoms with Gasteiger partial charge in [0.15, 0.2) is 5.11 Å². The summed E-state index contributed by atoms with van der Waals surface area (Å²) in [6.07, 6.45) is 1.66. The van der Waals surface area contributed by atoms with Crippen molar-refractivity contribution in [2.75, 3.05) is 18.0 Å². The first-order valence-electron chi connectivity index (χ1n) is 8.65. The molecular weight excluding hydrogens is 369 g/mol. The Morgan fingerprint density at radius 2 is 2.00 bits per heavy atom. The van der Waals surface area contributed by atoms with Crippen molar-refractivity contribution in [3.8, 4) is 0 Å². The predicted molar refractivity (Wildman–Crippen MR) is 108 cm³/mol. The number of thiophene rings is 1. The summed E-state index contributed by atoms with van der Waals surface area (Å²) in [5.41, 5.74) is 0.872. The molecule has 7 heteroatoms. The number of benzene rings is 1. The first kappa shape index (κ1) is 18.8. The van der Waals surface area contributed by atoms with Crippen LogP contribution < -0.4 is 10.2 Å². The van der Waals surface area contributed by atoms with Gasteiger partial charge in [-0.25, -0.2) is 4.39 Å². The molecule has 0 atom stereocenters. The molecule has 3 rings (SSSR count). The Kier molecular flexibility index (Phi) is 6.21. The van der Waals surface area contributed by atoms with Gasteiger partial charge in [0.2, 0.25) is 5.91 Å². The van der Waals surface area contributed by atoms with Crippen molar-refractivity contribution in [3.63, 3.8) is 0 Å². The lowest BCUT2D eigenvalue weighted by molar-refractivity contribution is -0.129. The SMILES string of the molecule is CC(=O)N1CCC(N(C(=S)NCc2cccs2)c2ccc(F)cc2)CC1. The molecule has 1 fully saturated rings. The zero-order chi connectivity index (χ0) is 18.5.